The van der Waals surface area contributed by atoms with E-state index in [4.69, 9.17) is 4.74 Å². The quantitative estimate of drug-likeness (QED) is 0.335. The van der Waals surface area contributed by atoms with Crippen molar-refractivity contribution in [3.63, 3.8) is 0 Å². The summed E-state index contributed by atoms with van der Waals surface area (Å²) in [5, 5.41) is 0. The summed E-state index contributed by atoms with van der Waals surface area (Å²) in [7, 11) is 6.45. The Labute approximate surface area is 86.8 Å². The summed E-state index contributed by atoms with van der Waals surface area (Å²) in [6, 6.07) is 0.512. The largest absolute Gasteiger partial charge is 1.00 e. The molecule has 1 atom stereocenters. The molecular formula is C8H18INO. The van der Waals surface area contributed by atoms with Gasteiger partial charge in [0.05, 0.1) is 27.4 Å². The Hall–Kier alpha value is 0.230. The molecule has 0 aromatic carbocycles. The molecule has 0 aliphatic heterocycles. The van der Waals surface area contributed by atoms with E-state index in [1.165, 1.54) is 6.26 Å². The second-order valence-corrected chi connectivity index (χ2v) is 3.47. The highest BCUT2D eigenvalue weighted by Crippen LogP contribution is 2.01. The van der Waals surface area contributed by atoms with Crippen LogP contribution in [0.3, 0.4) is 0 Å². The van der Waals surface area contributed by atoms with Gasteiger partial charge in [-0.3, -0.25) is 0 Å². The molecule has 2 nitrogen and oxygen atoms in total. The zero-order valence-corrected chi connectivity index (χ0v) is 9.96. The number of rotatable bonds is 4. The molecular weight excluding hydrogens is 253 g/mol. The van der Waals surface area contributed by atoms with Crippen molar-refractivity contribution < 1.29 is 33.2 Å². The topological polar surface area (TPSA) is 9.23 Å². The van der Waals surface area contributed by atoms with Crippen LogP contribution in [0.15, 0.2) is 12.8 Å². The lowest BCUT2D eigenvalue weighted by Crippen LogP contribution is -3.00. The van der Waals surface area contributed by atoms with Gasteiger partial charge in [-0.05, 0) is 6.92 Å². The fourth-order valence-electron chi connectivity index (χ4n) is 0.431. The van der Waals surface area contributed by atoms with Crippen molar-refractivity contribution in [2.75, 3.05) is 27.7 Å². The van der Waals surface area contributed by atoms with E-state index in [1.54, 1.807) is 0 Å². The van der Waals surface area contributed by atoms with Crippen LogP contribution < -0.4 is 24.0 Å². The van der Waals surface area contributed by atoms with Gasteiger partial charge in [-0.25, -0.2) is 0 Å². The lowest BCUT2D eigenvalue weighted by atomic mass is 10.3. The third kappa shape index (κ3) is 6.62. The summed E-state index contributed by atoms with van der Waals surface area (Å²) in [4.78, 5) is 0. The van der Waals surface area contributed by atoms with Crippen molar-refractivity contribution >= 4 is 0 Å². The third-order valence-electron chi connectivity index (χ3n) is 1.78. The molecule has 1 unspecified atom stereocenters. The first-order valence-electron chi connectivity index (χ1n) is 3.52. The minimum Gasteiger partial charge on any atom is -1.00 e. The molecule has 0 spiro atoms. The zero-order chi connectivity index (χ0) is 8.20. The fourth-order valence-corrected chi connectivity index (χ4v) is 0.431. The van der Waals surface area contributed by atoms with Gasteiger partial charge in [-0.2, -0.15) is 0 Å². The molecule has 0 fully saturated rings. The molecule has 0 amide bonds. The maximum Gasteiger partial charge on any atom is 0.139 e. The van der Waals surface area contributed by atoms with E-state index in [9.17, 15) is 0 Å². The first-order valence-corrected chi connectivity index (χ1v) is 3.52. The molecule has 0 radical (unpaired) electrons. The van der Waals surface area contributed by atoms with Gasteiger partial charge in [0, 0.05) is 0 Å². The second kappa shape index (κ2) is 5.83. The van der Waals surface area contributed by atoms with Gasteiger partial charge in [0.2, 0.25) is 0 Å². The van der Waals surface area contributed by atoms with Crippen LogP contribution in [-0.4, -0.2) is 38.3 Å². The van der Waals surface area contributed by atoms with Crippen LogP contribution in [0, 0.1) is 0 Å². The number of halogens is 1. The lowest BCUT2D eigenvalue weighted by molar-refractivity contribution is -0.894. The van der Waals surface area contributed by atoms with E-state index in [0.29, 0.717) is 6.04 Å². The second-order valence-electron chi connectivity index (χ2n) is 3.47. The number of nitrogens with zero attached hydrogens (tertiary/aromatic N) is 1. The number of hydrogen-bond donors (Lipinski definition) is 0. The Morgan fingerprint density at radius 1 is 1.45 bits per heavy atom. The summed E-state index contributed by atoms with van der Waals surface area (Å²) in [5.74, 6) is 0. The van der Waals surface area contributed by atoms with Gasteiger partial charge in [0.25, 0.3) is 0 Å². The van der Waals surface area contributed by atoms with Crippen LogP contribution in [-0.2, 0) is 4.74 Å². The molecule has 68 valence electrons. The first-order chi connectivity index (χ1) is 4.48. The maximum atomic E-state index is 5.07. The number of hydrogen-bond acceptors (Lipinski definition) is 1. The minimum atomic E-state index is 0. The SMILES string of the molecule is C=COCC(C)[N+](C)(C)C.[I-]. The Morgan fingerprint density at radius 2 is 1.91 bits per heavy atom. The summed E-state index contributed by atoms with van der Waals surface area (Å²) in [6.07, 6.45) is 1.49. The Bertz CT molecular complexity index is 109. The van der Waals surface area contributed by atoms with E-state index >= 15 is 0 Å². The Balaban J connectivity index is 0. The average molecular weight is 271 g/mol. The van der Waals surface area contributed by atoms with E-state index in [2.05, 4.69) is 34.6 Å². The molecule has 0 N–H and O–H groups in total. The van der Waals surface area contributed by atoms with Gasteiger partial charge in [0.15, 0.2) is 0 Å². The molecule has 0 saturated carbocycles. The maximum absolute atomic E-state index is 5.07. The molecule has 11 heavy (non-hydrogen) atoms. The third-order valence-corrected chi connectivity index (χ3v) is 1.78. The highest BCUT2D eigenvalue weighted by molar-refractivity contribution is 4.53. The molecule has 0 aromatic rings. The molecule has 0 saturated heterocycles. The van der Waals surface area contributed by atoms with Gasteiger partial charge in [-0.15, -0.1) is 0 Å². The van der Waals surface area contributed by atoms with Crippen LogP contribution in [0.1, 0.15) is 6.92 Å². The first kappa shape index (κ1) is 13.8. The molecule has 0 aliphatic carbocycles. The van der Waals surface area contributed by atoms with Crippen LogP contribution >= 0.6 is 0 Å². The van der Waals surface area contributed by atoms with Gasteiger partial charge in [0.1, 0.15) is 12.6 Å². The number of ether oxygens (including phenoxy) is 1. The van der Waals surface area contributed by atoms with Crippen LogP contribution in [0.2, 0.25) is 0 Å². The predicted molar refractivity (Wildman–Crippen MR) is 43.6 cm³/mol. The summed E-state index contributed by atoms with van der Waals surface area (Å²) in [6.45, 7) is 6.38. The van der Waals surface area contributed by atoms with Gasteiger partial charge < -0.3 is 33.2 Å². The lowest BCUT2D eigenvalue weighted by Gasteiger charge is -2.30. The van der Waals surface area contributed by atoms with E-state index in [-0.39, 0.29) is 24.0 Å². The summed E-state index contributed by atoms with van der Waals surface area (Å²) < 4.78 is 5.99. The van der Waals surface area contributed by atoms with Crippen molar-refractivity contribution in [3.8, 4) is 0 Å². The minimum absolute atomic E-state index is 0. The molecule has 0 bridgehead atoms. The average Bonchev–Trinajstić information content (AvgIpc) is 1.80. The number of likely N-dealkylation sites (N-methyl/N-ethyl adjacent to an activating group) is 1. The molecule has 0 aliphatic rings. The van der Waals surface area contributed by atoms with Crippen LogP contribution in [0.25, 0.3) is 0 Å². The predicted octanol–water partition coefficient (Wildman–Crippen LogP) is -1.75. The summed E-state index contributed by atoms with van der Waals surface area (Å²) >= 11 is 0. The van der Waals surface area contributed by atoms with Crippen molar-refractivity contribution in [2.24, 2.45) is 0 Å². The normalized spacial score (nSPS) is 13.1. The van der Waals surface area contributed by atoms with Crippen molar-refractivity contribution in [2.45, 2.75) is 13.0 Å². The van der Waals surface area contributed by atoms with Gasteiger partial charge >= 0.3 is 0 Å². The smallest absolute Gasteiger partial charge is 0.139 e. The van der Waals surface area contributed by atoms with Crippen LogP contribution in [0.4, 0.5) is 0 Å². The van der Waals surface area contributed by atoms with E-state index in [0.717, 1.165) is 11.1 Å². The fraction of sp³-hybridized carbons (Fsp3) is 0.750. The van der Waals surface area contributed by atoms with Crippen molar-refractivity contribution in [1.82, 2.24) is 0 Å². The van der Waals surface area contributed by atoms with E-state index in [1.807, 2.05) is 0 Å². The van der Waals surface area contributed by atoms with Gasteiger partial charge in [-0.1, -0.05) is 6.58 Å². The zero-order valence-electron chi connectivity index (χ0n) is 7.80. The molecule has 3 heteroatoms. The monoisotopic (exact) mass is 271 g/mol. The molecule has 0 rings (SSSR count). The van der Waals surface area contributed by atoms with Crippen LogP contribution in [0.5, 0.6) is 0 Å². The molecule has 0 heterocycles. The highest BCUT2D eigenvalue weighted by atomic mass is 127. The highest BCUT2D eigenvalue weighted by Gasteiger charge is 2.17. The molecule has 0 aromatic heterocycles. The van der Waals surface area contributed by atoms with E-state index < -0.39 is 0 Å². The van der Waals surface area contributed by atoms with Crippen molar-refractivity contribution in [1.29, 1.82) is 0 Å². The van der Waals surface area contributed by atoms with Crippen molar-refractivity contribution in [3.05, 3.63) is 12.8 Å². The number of quaternary nitrogens is 1. The Kier molecular flexibility index (Phi) is 7.31. The Morgan fingerprint density at radius 3 is 2.18 bits per heavy atom. The standard InChI is InChI=1S/C8H18NO.HI/c1-6-10-7-8(2)9(3,4)5;/h6,8H,1,7H2,2-5H3;1H/q+1;/p-1. The summed E-state index contributed by atoms with van der Waals surface area (Å²) in [5.41, 5.74) is 0.